The zero-order valence-electron chi connectivity index (χ0n) is 12.0. The van der Waals surface area contributed by atoms with E-state index in [1.807, 2.05) is 12.3 Å². The highest BCUT2D eigenvalue weighted by Crippen LogP contribution is 2.23. The van der Waals surface area contributed by atoms with Gasteiger partial charge in [0.2, 0.25) is 5.91 Å². The van der Waals surface area contributed by atoms with Crippen LogP contribution in [0.15, 0.2) is 24.5 Å². The van der Waals surface area contributed by atoms with Crippen LogP contribution in [0, 0.1) is 5.92 Å². The predicted molar refractivity (Wildman–Crippen MR) is 79.6 cm³/mol. The highest BCUT2D eigenvalue weighted by Gasteiger charge is 2.32. The summed E-state index contributed by atoms with van der Waals surface area (Å²) >= 11 is 0. The molecule has 112 valence electrons. The van der Waals surface area contributed by atoms with E-state index in [9.17, 15) is 9.90 Å². The number of nitrogens with zero attached hydrogens (tertiary/aromatic N) is 2. The summed E-state index contributed by atoms with van der Waals surface area (Å²) < 4.78 is 0. The molecule has 1 saturated heterocycles. The number of rotatable bonds is 4. The second kappa shape index (κ2) is 5.83. The van der Waals surface area contributed by atoms with Crippen molar-refractivity contribution in [2.24, 2.45) is 5.92 Å². The molecule has 0 bridgehead atoms. The van der Waals surface area contributed by atoms with Gasteiger partial charge in [0.15, 0.2) is 0 Å². The molecule has 0 radical (unpaired) electrons. The number of β-amino-alcohol motifs (C(OH)–C–C–N with tert-alkyl or cyclic N) is 1. The third-order valence-electron chi connectivity index (χ3n) is 4.08. The molecule has 0 saturated carbocycles. The summed E-state index contributed by atoms with van der Waals surface area (Å²) in [6.07, 6.45) is 3.54. The summed E-state index contributed by atoms with van der Waals surface area (Å²) in [5, 5.41) is 13.8. The van der Waals surface area contributed by atoms with Gasteiger partial charge in [-0.2, -0.15) is 0 Å². The summed E-state index contributed by atoms with van der Waals surface area (Å²) in [7, 11) is 1.62. The lowest BCUT2D eigenvalue weighted by molar-refractivity contribution is -0.122. The summed E-state index contributed by atoms with van der Waals surface area (Å²) in [6.45, 7) is 2.09. The third-order valence-corrected chi connectivity index (χ3v) is 4.08. The first-order valence-corrected chi connectivity index (χ1v) is 7.18. The lowest BCUT2D eigenvalue weighted by atomic mass is 10.0. The molecule has 2 aromatic rings. The number of likely N-dealkylation sites (tertiary alicyclic amines) is 1. The maximum absolute atomic E-state index is 11.4. The molecule has 1 aliphatic rings. The van der Waals surface area contributed by atoms with Gasteiger partial charge in [-0.05, 0) is 12.1 Å². The molecule has 3 rings (SSSR count). The van der Waals surface area contributed by atoms with Crippen LogP contribution in [0.2, 0.25) is 0 Å². The van der Waals surface area contributed by atoms with Crippen molar-refractivity contribution in [3.8, 4) is 0 Å². The average molecular weight is 288 g/mol. The van der Waals surface area contributed by atoms with Crippen LogP contribution < -0.4 is 5.32 Å². The molecule has 1 fully saturated rings. The fourth-order valence-corrected chi connectivity index (χ4v) is 2.97. The minimum absolute atomic E-state index is 0.0102. The SMILES string of the molecule is CNC(=O)C[C@@H]1CN(Cc2cc3cnccc3[nH]2)C[C@H]1O. The third kappa shape index (κ3) is 3.06. The van der Waals surface area contributed by atoms with E-state index < -0.39 is 6.10 Å². The predicted octanol–water partition coefficient (Wildman–Crippen LogP) is 0.492. The van der Waals surface area contributed by atoms with Gasteiger partial charge in [0, 0.05) is 68.0 Å². The Kier molecular flexibility index (Phi) is 3.90. The van der Waals surface area contributed by atoms with Crippen molar-refractivity contribution in [3.63, 3.8) is 0 Å². The van der Waals surface area contributed by atoms with Crippen molar-refractivity contribution < 1.29 is 9.90 Å². The van der Waals surface area contributed by atoms with Crippen LogP contribution in [0.25, 0.3) is 10.9 Å². The van der Waals surface area contributed by atoms with E-state index in [1.54, 1.807) is 13.2 Å². The summed E-state index contributed by atoms with van der Waals surface area (Å²) in [4.78, 5) is 21.1. The Morgan fingerprint density at radius 1 is 1.57 bits per heavy atom. The normalized spacial score (nSPS) is 22.8. The Balaban J connectivity index is 1.64. The Bertz CT molecular complexity index is 606. The fourth-order valence-electron chi connectivity index (χ4n) is 2.97. The van der Waals surface area contributed by atoms with Gasteiger partial charge < -0.3 is 15.4 Å². The van der Waals surface area contributed by atoms with Crippen LogP contribution in [-0.4, -0.2) is 52.1 Å². The first-order chi connectivity index (χ1) is 10.2. The number of hydrogen-bond donors (Lipinski definition) is 3. The smallest absolute Gasteiger partial charge is 0.220 e. The van der Waals surface area contributed by atoms with Gasteiger partial charge in [0.05, 0.1) is 6.10 Å². The lowest BCUT2D eigenvalue weighted by Gasteiger charge is -2.14. The standard InChI is InChI=1S/C15H20N4O2/c1-16-15(21)5-11-7-19(9-14(11)20)8-12-4-10-6-17-3-2-13(10)18-12/h2-4,6,11,14,18,20H,5,7-9H2,1H3,(H,16,21)/t11-,14-/m1/s1. The van der Waals surface area contributed by atoms with Gasteiger partial charge >= 0.3 is 0 Å². The molecular weight excluding hydrogens is 268 g/mol. The van der Waals surface area contributed by atoms with Crippen molar-refractivity contribution >= 4 is 16.8 Å². The van der Waals surface area contributed by atoms with Crippen LogP contribution in [0.3, 0.4) is 0 Å². The second-order valence-corrected chi connectivity index (χ2v) is 5.66. The van der Waals surface area contributed by atoms with Gasteiger partial charge in [-0.15, -0.1) is 0 Å². The fraction of sp³-hybridized carbons (Fsp3) is 0.467. The number of carbonyl (C=O) groups excluding carboxylic acids is 1. The zero-order chi connectivity index (χ0) is 14.8. The van der Waals surface area contributed by atoms with Crippen molar-refractivity contribution in [1.82, 2.24) is 20.2 Å². The Morgan fingerprint density at radius 3 is 3.19 bits per heavy atom. The minimum Gasteiger partial charge on any atom is -0.391 e. The van der Waals surface area contributed by atoms with E-state index in [2.05, 4.69) is 26.3 Å². The number of carbonyl (C=O) groups is 1. The molecule has 3 heterocycles. The molecular formula is C15H20N4O2. The number of H-pyrrole nitrogens is 1. The van der Waals surface area contributed by atoms with E-state index in [-0.39, 0.29) is 11.8 Å². The molecule has 1 amide bonds. The highest BCUT2D eigenvalue weighted by atomic mass is 16.3. The summed E-state index contributed by atoms with van der Waals surface area (Å²) in [5.41, 5.74) is 2.17. The van der Waals surface area contributed by atoms with E-state index in [0.29, 0.717) is 13.0 Å². The van der Waals surface area contributed by atoms with Gasteiger partial charge in [0.1, 0.15) is 0 Å². The monoisotopic (exact) mass is 288 g/mol. The number of pyridine rings is 1. The average Bonchev–Trinajstić information content (AvgIpc) is 3.02. The largest absolute Gasteiger partial charge is 0.391 e. The van der Waals surface area contributed by atoms with Gasteiger partial charge in [-0.1, -0.05) is 0 Å². The zero-order valence-corrected chi connectivity index (χ0v) is 12.0. The molecule has 0 unspecified atom stereocenters. The van der Waals surface area contributed by atoms with Crippen LogP contribution in [-0.2, 0) is 11.3 Å². The molecule has 21 heavy (non-hydrogen) atoms. The lowest BCUT2D eigenvalue weighted by Crippen LogP contribution is -2.27. The van der Waals surface area contributed by atoms with Crippen LogP contribution >= 0.6 is 0 Å². The first-order valence-electron chi connectivity index (χ1n) is 7.18. The molecule has 3 N–H and O–H groups in total. The first kappa shape index (κ1) is 14.0. The van der Waals surface area contributed by atoms with Crippen LogP contribution in [0.5, 0.6) is 0 Å². The number of aromatic nitrogens is 2. The Hall–Kier alpha value is -1.92. The second-order valence-electron chi connectivity index (χ2n) is 5.66. The van der Waals surface area contributed by atoms with Crippen LogP contribution in [0.4, 0.5) is 0 Å². The molecule has 6 heteroatoms. The van der Waals surface area contributed by atoms with Gasteiger partial charge in [-0.3, -0.25) is 14.7 Å². The van der Waals surface area contributed by atoms with Crippen molar-refractivity contribution in [1.29, 1.82) is 0 Å². The molecule has 6 nitrogen and oxygen atoms in total. The molecule has 0 aliphatic carbocycles. The molecule has 2 aromatic heterocycles. The van der Waals surface area contributed by atoms with Crippen molar-refractivity contribution in [2.75, 3.05) is 20.1 Å². The number of fused-ring (bicyclic) bond motifs is 1. The van der Waals surface area contributed by atoms with E-state index in [4.69, 9.17) is 0 Å². The van der Waals surface area contributed by atoms with Gasteiger partial charge in [-0.25, -0.2) is 0 Å². The van der Waals surface area contributed by atoms with E-state index >= 15 is 0 Å². The number of amides is 1. The number of aromatic amines is 1. The van der Waals surface area contributed by atoms with Gasteiger partial charge in [0.25, 0.3) is 0 Å². The summed E-state index contributed by atoms with van der Waals surface area (Å²) in [6, 6.07) is 4.03. The Morgan fingerprint density at radius 2 is 2.43 bits per heavy atom. The van der Waals surface area contributed by atoms with E-state index in [1.165, 1.54) is 0 Å². The minimum atomic E-state index is -0.437. The molecule has 0 spiro atoms. The number of nitrogens with one attached hydrogen (secondary N) is 2. The quantitative estimate of drug-likeness (QED) is 0.765. The maximum atomic E-state index is 11.4. The highest BCUT2D eigenvalue weighted by molar-refractivity contribution is 5.79. The summed E-state index contributed by atoms with van der Waals surface area (Å²) in [5.74, 6) is -0.00594. The van der Waals surface area contributed by atoms with Crippen LogP contribution in [0.1, 0.15) is 12.1 Å². The molecule has 1 aliphatic heterocycles. The van der Waals surface area contributed by atoms with E-state index in [0.717, 1.165) is 29.7 Å². The Labute approximate surface area is 123 Å². The number of hydrogen-bond acceptors (Lipinski definition) is 4. The molecule has 0 aromatic carbocycles. The van der Waals surface area contributed by atoms with Crippen molar-refractivity contribution in [3.05, 3.63) is 30.2 Å². The van der Waals surface area contributed by atoms with Crippen molar-refractivity contribution in [2.45, 2.75) is 19.1 Å². The maximum Gasteiger partial charge on any atom is 0.220 e. The molecule has 2 atom stereocenters. The topological polar surface area (TPSA) is 81.2 Å². The number of aliphatic hydroxyl groups excluding tert-OH is 1. The number of aliphatic hydroxyl groups is 1.